The fraction of sp³-hybridized carbons (Fsp3) is 0.278. The number of furan rings is 1. The van der Waals surface area contributed by atoms with Crippen molar-refractivity contribution in [2.24, 2.45) is 0 Å². The predicted octanol–water partition coefficient (Wildman–Crippen LogP) is 2.75. The largest absolute Gasteiger partial charge is 0.472 e. The molecule has 10 heteroatoms. The normalized spacial score (nSPS) is 12.8. The number of imidazole rings is 1. The number of fused-ring (bicyclic) bond motifs is 1. The first-order valence-corrected chi connectivity index (χ1v) is 8.31. The molecule has 0 bridgehead atoms. The topological polar surface area (TPSA) is 88.6 Å². The summed E-state index contributed by atoms with van der Waals surface area (Å²) in [4.78, 5) is 27.0. The molecule has 0 fully saturated rings. The van der Waals surface area contributed by atoms with Crippen LogP contribution in [0.3, 0.4) is 0 Å². The lowest BCUT2D eigenvalue weighted by Gasteiger charge is -2.11. The maximum absolute atomic E-state index is 13.5. The molecule has 0 aliphatic heterocycles. The summed E-state index contributed by atoms with van der Waals surface area (Å²) in [5.41, 5.74) is -0.0894. The Morgan fingerprint density at radius 2 is 2.04 bits per heavy atom. The van der Waals surface area contributed by atoms with Crippen LogP contribution in [0.1, 0.15) is 25.1 Å². The number of carbonyl (C=O) groups is 2. The molecule has 3 heterocycles. The number of alkyl halides is 3. The molecule has 0 saturated heterocycles. The third-order valence-electron chi connectivity index (χ3n) is 4.02. The van der Waals surface area contributed by atoms with Crippen molar-refractivity contribution in [3.8, 4) is 11.1 Å². The molecular weight excluding hydrogens is 377 g/mol. The zero-order valence-corrected chi connectivity index (χ0v) is 15.0. The van der Waals surface area contributed by atoms with E-state index < -0.39 is 23.7 Å². The predicted molar refractivity (Wildman–Crippen MR) is 93.0 cm³/mol. The molecule has 148 valence electrons. The van der Waals surface area contributed by atoms with Crippen LogP contribution in [0.25, 0.3) is 16.8 Å². The summed E-state index contributed by atoms with van der Waals surface area (Å²) in [6.07, 6.45) is 1.04. The summed E-state index contributed by atoms with van der Waals surface area (Å²) < 4.78 is 46.7. The Labute approximate surface area is 157 Å². The second-order valence-electron chi connectivity index (χ2n) is 6.26. The highest BCUT2D eigenvalue weighted by Gasteiger charge is 2.35. The first kappa shape index (κ1) is 19.5. The van der Waals surface area contributed by atoms with E-state index in [0.717, 1.165) is 6.07 Å². The number of aromatic nitrogens is 2. The van der Waals surface area contributed by atoms with Gasteiger partial charge in [0.15, 0.2) is 0 Å². The Hall–Kier alpha value is -3.30. The Bertz CT molecular complexity index is 1010. The third kappa shape index (κ3) is 4.16. The van der Waals surface area contributed by atoms with Gasteiger partial charge in [-0.2, -0.15) is 13.2 Å². The van der Waals surface area contributed by atoms with Gasteiger partial charge in [-0.15, -0.1) is 0 Å². The minimum absolute atomic E-state index is 0.0806. The minimum Gasteiger partial charge on any atom is -0.472 e. The van der Waals surface area contributed by atoms with Gasteiger partial charge in [0.05, 0.1) is 30.3 Å². The maximum atomic E-state index is 13.5. The van der Waals surface area contributed by atoms with E-state index in [1.165, 1.54) is 43.2 Å². The van der Waals surface area contributed by atoms with Gasteiger partial charge < -0.3 is 19.5 Å². The lowest BCUT2D eigenvalue weighted by atomic mass is 10.1. The second-order valence-corrected chi connectivity index (χ2v) is 6.26. The van der Waals surface area contributed by atoms with Gasteiger partial charge in [-0.25, -0.2) is 4.98 Å². The minimum atomic E-state index is -4.60. The first-order valence-electron chi connectivity index (χ1n) is 8.31. The van der Waals surface area contributed by atoms with Crippen LogP contribution in [0.15, 0.2) is 41.5 Å². The molecule has 0 aliphatic rings. The molecule has 2 amide bonds. The highest BCUT2D eigenvalue weighted by molar-refractivity contribution is 5.86. The van der Waals surface area contributed by atoms with Crippen LogP contribution in [0.2, 0.25) is 0 Å². The molecule has 0 aromatic carbocycles. The van der Waals surface area contributed by atoms with E-state index in [2.05, 4.69) is 15.6 Å². The summed E-state index contributed by atoms with van der Waals surface area (Å²) in [6, 6.07) is 1.80. The fourth-order valence-corrected chi connectivity index (χ4v) is 2.73. The molecule has 2 N–H and O–H groups in total. The number of rotatable bonds is 5. The van der Waals surface area contributed by atoms with Crippen LogP contribution in [0.4, 0.5) is 13.2 Å². The highest BCUT2D eigenvalue weighted by Crippen LogP contribution is 2.35. The van der Waals surface area contributed by atoms with Gasteiger partial charge >= 0.3 is 6.18 Å². The lowest BCUT2D eigenvalue weighted by molar-refractivity contribution is -0.136. The Kier molecular flexibility index (Phi) is 5.12. The van der Waals surface area contributed by atoms with Crippen LogP contribution in [-0.4, -0.2) is 27.2 Å². The number of amides is 2. The van der Waals surface area contributed by atoms with Crippen LogP contribution < -0.4 is 10.6 Å². The number of pyridine rings is 1. The number of carbonyl (C=O) groups excluding carboxylic acids is 2. The Morgan fingerprint density at radius 3 is 2.64 bits per heavy atom. The standard InChI is InChI=1S/C18H17F3N4O3/c1-10(23-11(2)26)17(27)22-6-14-8-25-7-13(12-3-4-28-9-12)5-15(16(25)24-14)18(19,20)21/h3-5,7-10H,6H2,1-2H3,(H,22,27)(H,23,26). The molecule has 7 nitrogen and oxygen atoms in total. The van der Waals surface area contributed by atoms with Gasteiger partial charge in [0.25, 0.3) is 0 Å². The molecule has 3 aromatic rings. The van der Waals surface area contributed by atoms with Crippen LogP contribution in [0, 0.1) is 0 Å². The van der Waals surface area contributed by atoms with Crippen molar-refractivity contribution >= 4 is 17.5 Å². The number of nitrogens with zero attached hydrogens (tertiary/aromatic N) is 2. The molecule has 3 aromatic heterocycles. The number of hydrogen-bond donors (Lipinski definition) is 2. The summed E-state index contributed by atoms with van der Waals surface area (Å²) in [5, 5.41) is 4.96. The zero-order valence-electron chi connectivity index (χ0n) is 15.0. The first-order chi connectivity index (χ1) is 13.1. The molecule has 1 atom stereocenters. The monoisotopic (exact) mass is 394 g/mol. The van der Waals surface area contributed by atoms with Gasteiger partial charge in [-0.3, -0.25) is 9.59 Å². The molecule has 0 spiro atoms. The summed E-state index contributed by atoms with van der Waals surface area (Å²) >= 11 is 0. The van der Waals surface area contributed by atoms with Crippen molar-refractivity contribution < 1.29 is 27.2 Å². The van der Waals surface area contributed by atoms with E-state index in [1.807, 2.05) is 0 Å². The summed E-state index contributed by atoms with van der Waals surface area (Å²) in [6.45, 7) is 2.70. The van der Waals surface area contributed by atoms with E-state index in [9.17, 15) is 22.8 Å². The molecule has 3 rings (SSSR count). The van der Waals surface area contributed by atoms with Gasteiger partial charge in [-0.1, -0.05) is 0 Å². The van der Waals surface area contributed by atoms with Crippen molar-refractivity contribution in [3.63, 3.8) is 0 Å². The van der Waals surface area contributed by atoms with Gasteiger partial charge in [0.1, 0.15) is 11.7 Å². The summed E-state index contributed by atoms with van der Waals surface area (Å²) in [7, 11) is 0. The maximum Gasteiger partial charge on any atom is 0.420 e. The van der Waals surface area contributed by atoms with Gasteiger partial charge in [0, 0.05) is 30.4 Å². The fourth-order valence-electron chi connectivity index (χ4n) is 2.73. The number of nitrogens with one attached hydrogen (secondary N) is 2. The molecule has 1 unspecified atom stereocenters. The summed E-state index contributed by atoms with van der Waals surface area (Å²) in [5.74, 6) is -0.834. The van der Waals surface area contributed by atoms with Crippen molar-refractivity contribution in [1.82, 2.24) is 20.0 Å². The highest BCUT2D eigenvalue weighted by atomic mass is 19.4. The van der Waals surface area contributed by atoms with Crippen molar-refractivity contribution in [3.05, 3.63) is 48.3 Å². The molecule has 0 radical (unpaired) electrons. The average molecular weight is 394 g/mol. The smallest absolute Gasteiger partial charge is 0.420 e. The van der Waals surface area contributed by atoms with Crippen molar-refractivity contribution in [1.29, 1.82) is 0 Å². The third-order valence-corrected chi connectivity index (χ3v) is 4.02. The van der Waals surface area contributed by atoms with Crippen LogP contribution >= 0.6 is 0 Å². The number of hydrogen-bond acceptors (Lipinski definition) is 4. The van der Waals surface area contributed by atoms with Crippen LogP contribution in [-0.2, 0) is 22.3 Å². The SMILES string of the molecule is CC(=O)NC(C)C(=O)NCc1cn2cc(-c3ccoc3)cc(C(F)(F)F)c2n1. The van der Waals surface area contributed by atoms with Gasteiger partial charge in [0.2, 0.25) is 11.8 Å². The average Bonchev–Trinajstić information content (AvgIpc) is 3.26. The number of halogens is 3. The van der Waals surface area contributed by atoms with E-state index in [-0.39, 0.29) is 23.8 Å². The molecule has 0 aliphatic carbocycles. The quantitative estimate of drug-likeness (QED) is 0.697. The molecule has 28 heavy (non-hydrogen) atoms. The second kappa shape index (κ2) is 7.37. The van der Waals surface area contributed by atoms with E-state index >= 15 is 0 Å². The van der Waals surface area contributed by atoms with E-state index in [4.69, 9.17) is 4.42 Å². The Morgan fingerprint density at radius 1 is 1.29 bits per heavy atom. The van der Waals surface area contributed by atoms with Gasteiger partial charge in [-0.05, 0) is 19.1 Å². The van der Waals surface area contributed by atoms with E-state index in [1.54, 1.807) is 6.07 Å². The van der Waals surface area contributed by atoms with Crippen molar-refractivity contribution in [2.45, 2.75) is 32.6 Å². The Balaban J connectivity index is 1.90. The zero-order chi connectivity index (χ0) is 20.5. The molecular formula is C18H17F3N4O3. The van der Waals surface area contributed by atoms with Crippen molar-refractivity contribution in [2.75, 3.05) is 0 Å². The molecule has 0 saturated carbocycles. The van der Waals surface area contributed by atoms with E-state index in [0.29, 0.717) is 11.1 Å². The van der Waals surface area contributed by atoms with Crippen LogP contribution in [0.5, 0.6) is 0 Å². The lowest BCUT2D eigenvalue weighted by Crippen LogP contribution is -2.43.